The standard InChI is InChI=1S/C22H28N2O/c1-18-10-11-21(17-19(18)2)22(25)24-15-13-23(14-16-24)12-6-9-20-7-4-3-5-8-20/h3-5,7-8,10-11,17H,6,9,12-16H2,1-2H3. The van der Waals surface area contributed by atoms with Crippen LogP contribution >= 0.6 is 0 Å². The monoisotopic (exact) mass is 336 g/mol. The zero-order valence-electron chi connectivity index (χ0n) is 15.4. The molecule has 0 unspecified atom stereocenters. The van der Waals surface area contributed by atoms with Crippen LogP contribution in [0.5, 0.6) is 0 Å². The molecular formula is C22H28N2O. The van der Waals surface area contributed by atoms with Crippen LogP contribution in [0.1, 0.15) is 33.5 Å². The van der Waals surface area contributed by atoms with Gasteiger partial charge in [0.15, 0.2) is 0 Å². The van der Waals surface area contributed by atoms with Crippen molar-refractivity contribution in [3.05, 3.63) is 70.8 Å². The third-order valence-electron chi connectivity index (χ3n) is 5.20. The number of carbonyl (C=O) groups is 1. The minimum absolute atomic E-state index is 0.173. The van der Waals surface area contributed by atoms with E-state index in [-0.39, 0.29) is 5.91 Å². The highest BCUT2D eigenvalue weighted by molar-refractivity contribution is 5.94. The van der Waals surface area contributed by atoms with Crippen LogP contribution in [0, 0.1) is 13.8 Å². The van der Waals surface area contributed by atoms with Gasteiger partial charge < -0.3 is 4.90 Å². The van der Waals surface area contributed by atoms with Crippen molar-refractivity contribution in [2.24, 2.45) is 0 Å². The van der Waals surface area contributed by atoms with Crippen molar-refractivity contribution in [2.45, 2.75) is 26.7 Å². The molecule has 0 aliphatic carbocycles. The Hall–Kier alpha value is -2.13. The first-order valence-electron chi connectivity index (χ1n) is 9.26. The van der Waals surface area contributed by atoms with E-state index >= 15 is 0 Å². The minimum atomic E-state index is 0.173. The lowest BCUT2D eigenvalue weighted by Gasteiger charge is -2.34. The lowest BCUT2D eigenvalue weighted by atomic mass is 10.1. The number of piperazine rings is 1. The average molecular weight is 336 g/mol. The summed E-state index contributed by atoms with van der Waals surface area (Å²) in [6, 6.07) is 16.7. The molecule has 0 spiro atoms. The maximum absolute atomic E-state index is 12.7. The highest BCUT2D eigenvalue weighted by Gasteiger charge is 2.22. The Kier molecular flexibility index (Phi) is 5.87. The zero-order valence-corrected chi connectivity index (χ0v) is 15.4. The van der Waals surface area contributed by atoms with Gasteiger partial charge in [-0.15, -0.1) is 0 Å². The van der Waals surface area contributed by atoms with E-state index in [1.54, 1.807) is 0 Å². The molecule has 3 nitrogen and oxygen atoms in total. The summed E-state index contributed by atoms with van der Waals surface area (Å²) >= 11 is 0. The number of nitrogens with zero attached hydrogens (tertiary/aromatic N) is 2. The van der Waals surface area contributed by atoms with Crippen LogP contribution in [0.2, 0.25) is 0 Å². The van der Waals surface area contributed by atoms with Crippen LogP contribution in [0.15, 0.2) is 48.5 Å². The van der Waals surface area contributed by atoms with Crippen LogP contribution in [-0.4, -0.2) is 48.4 Å². The molecule has 3 rings (SSSR count). The Morgan fingerprint density at radius 2 is 1.64 bits per heavy atom. The summed E-state index contributed by atoms with van der Waals surface area (Å²) in [5.74, 6) is 0.173. The van der Waals surface area contributed by atoms with Crippen molar-refractivity contribution in [1.82, 2.24) is 9.80 Å². The highest BCUT2D eigenvalue weighted by atomic mass is 16.2. The van der Waals surface area contributed by atoms with Gasteiger partial charge in [-0.3, -0.25) is 9.69 Å². The molecule has 1 amide bonds. The van der Waals surface area contributed by atoms with E-state index in [1.165, 1.54) is 23.1 Å². The first-order chi connectivity index (χ1) is 12.1. The van der Waals surface area contributed by atoms with Crippen LogP contribution < -0.4 is 0 Å². The largest absolute Gasteiger partial charge is 0.336 e. The van der Waals surface area contributed by atoms with E-state index in [4.69, 9.17) is 0 Å². The van der Waals surface area contributed by atoms with Crippen molar-refractivity contribution in [2.75, 3.05) is 32.7 Å². The molecule has 0 N–H and O–H groups in total. The molecule has 3 heteroatoms. The molecule has 1 aliphatic heterocycles. The minimum Gasteiger partial charge on any atom is -0.336 e. The van der Waals surface area contributed by atoms with Gasteiger partial charge in [-0.2, -0.15) is 0 Å². The second-order valence-corrected chi connectivity index (χ2v) is 7.02. The van der Waals surface area contributed by atoms with E-state index in [1.807, 2.05) is 23.1 Å². The SMILES string of the molecule is Cc1ccc(C(=O)N2CCN(CCCc3ccccc3)CC2)cc1C. The number of carbonyl (C=O) groups excluding carboxylic acids is 1. The van der Waals surface area contributed by atoms with E-state index in [0.717, 1.165) is 44.7 Å². The first-order valence-corrected chi connectivity index (χ1v) is 9.26. The summed E-state index contributed by atoms with van der Waals surface area (Å²) in [4.78, 5) is 17.2. The first kappa shape index (κ1) is 17.7. The van der Waals surface area contributed by atoms with Gasteiger partial charge in [-0.05, 0) is 62.1 Å². The molecule has 0 aromatic heterocycles. The van der Waals surface area contributed by atoms with Gasteiger partial charge in [0.1, 0.15) is 0 Å². The molecule has 1 aliphatic rings. The van der Waals surface area contributed by atoms with Crippen molar-refractivity contribution < 1.29 is 4.79 Å². The molecule has 0 saturated carbocycles. The summed E-state index contributed by atoms with van der Waals surface area (Å²) in [5, 5.41) is 0. The molecule has 2 aromatic carbocycles. The van der Waals surface area contributed by atoms with E-state index in [0.29, 0.717) is 0 Å². The third kappa shape index (κ3) is 4.70. The zero-order chi connectivity index (χ0) is 17.6. The second kappa shape index (κ2) is 8.30. The predicted octanol–water partition coefficient (Wildman–Crippen LogP) is 3.69. The average Bonchev–Trinajstić information content (AvgIpc) is 2.65. The molecule has 25 heavy (non-hydrogen) atoms. The Balaban J connectivity index is 1.45. The molecule has 0 radical (unpaired) electrons. The predicted molar refractivity (Wildman–Crippen MR) is 103 cm³/mol. The number of hydrogen-bond acceptors (Lipinski definition) is 2. The van der Waals surface area contributed by atoms with Gasteiger partial charge >= 0.3 is 0 Å². The fourth-order valence-corrected chi connectivity index (χ4v) is 3.38. The number of rotatable bonds is 5. The topological polar surface area (TPSA) is 23.6 Å². The maximum atomic E-state index is 12.7. The summed E-state index contributed by atoms with van der Waals surface area (Å²) < 4.78 is 0. The third-order valence-corrected chi connectivity index (χ3v) is 5.20. The Labute approximate surface area is 151 Å². The fourth-order valence-electron chi connectivity index (χ4n) is 3.38. The summed E-state index contributed by atoms with van der Waals surface area (Å²) in [6.07, 6.45) is 2.30. The van der Waals surface area contributed by atoms with Crippen LogP contribution in [0.3, 0.4) is 0 Å². The Morgan fingerprint density at radius 3 is 2.32 bits per heavy atom. The molecular weight excluding hydrogens is 308 g/mol. The maximum Gasteiger partial charge on any atom is 0.253 e. The number of aryl methyl sites for hydroxylation is 3. The Bertz CT molecular complexity index is 703. The molecule has 1 fully saturated rings. The van der Waals surface area contributed by atoms with Crippen LogP contribution in [0.4, 0.5) is 0 Å². The quantitative estimate of drug-likeness (QED) is 0.831. The van der Waals surface area contributed by atoms with Gasteiger partial charge in [0.2, 0.25) is 0 Å². The van der Waals surface area contributed by atoms with Crippen molar-refractivity contribution in [3.63, 3.8) is 0 Å². The lowest BCUT2D eigenvalue weighted by Crippen LogP contribution is -2.48. The highest BCUT2D eigenvalue weighted by Crippen LogP contribution is 2.14. The van der Waals surface area contributed by atoms with Crippen LogP contribution in [-0.2, 0) is 6.42 Å². The number of benzene rings is 2. The van der Waals surface area contributed by atoms with Gasteiger partial charge in [-0.25, -0.2) is 0 Å². The summed E-state index contributed by atoms with van der Waals surface area (Å²) in [5.41, 5.74) is 4.65. The van der Waals surface area contributed by atoms with E-state index in [9.17, 15) is 4.79 Å². The van der Waals surface area contributed by atoms with Gasteiger partial charge in [0.05, 0.1) is 0 Å². The van der Waals surface area contributed by atoms with Crippen molar-refractivity contribution in [3.8, 4) is 0 Å². The molecule has 1 saturated heterocycles. The molecule has 132 valence electrons. The van der Waals surface area contributed by atoms with E-state index in [2.05, 4.69) is 49.1 Å². The van der Waals surface area contributed by atoms with Gasteiger partial charge in [0.25, 0.3) is 5.91 Å². The normalized spacial score (nSPS) is 15.4. The smallest absolute Gasteiger partial charge is 0.253 e. The van der Waals surface area contributed by atoms with Gasteiger partial charge in [0, 0.05) is 31.7 Å². The fraction of sp³-hybridized carbons (Fsp3) is 0.409. The molecule has 0 atom stereocenters. The van der Waals surface area contributed by atoms with Gasteiger partial charge in [-0.1, -0.05) is 36.4 Å². The molecule has 1 heterocycles. The number of amides is 1. The van der Waals surface area contributed by atoms with E-state index < -0.39 is 0 Å². The van der Waals surface area contributed by atoms with Crippen molar-refractivity contribution in [1.29, 1.82) is 0 Å². The molecule has 0 bridgehead atoms. The van der Waals surface area contributed by atoms with Crippen molar-refractivity contribution >= 4 is 5.91 Å². The summed E-state index contributed by atoms with van der Waals surface area (Å²) in [6.45, 7) is 8.88. The van der Waals surface area contributed by atoms with Crippen LogP contribution in [0.25, 0.3) is 0 Å². The summed E-state index contributed by atoms with van der Waals surface area (Å²) in [7, 11) is 0. The lowest BCUT2D eigenvalue weighted by molar-refractivity contribution is 0.0636. The second-order valence-electron chi connectivity index (χ2n) is 7.02. The number of hydrogen-bond donors (Lipinski definition) is 0. The molecule has 2 aromatic rings. The Morgan fingerprint density at radius 1 is 0.920 bits per heavy atom.